The number of carbonyl (C=O) groups excluding carboxylic acids is 1. The number of halogens is 1. The van der Waals surface area contributed by atoms with Crippen LogP contribution in [0.1, 0.15) is 6.92 Å². The topological polar surface area (TPSA) is 93.7 Å². The van der Waals surface area contributed by atoms with Crippen molar-refractivity contribution in [2.75, 3.05) is 18.5 Å². The molecule has 134 valence electrons. The number of hydrogen-bond acceptors (Lipinski definition) is 5. The third-order valence-electron chi connectivity index (χ3n) is 2.94. The van der Waals surface area contributed by atoms with Gasteiger partial charge in [0.2, 0.25) is 0 Å². The summed E-state index contributed by atoms with van der Waals surface area (Å²) in [4.78, 5) is 18.1. The minimum Gasteiger partial charge on any atom is -0.494 e. The first-order valence-electron chi connectivity index (χ1n) is 7.32. The fourth-order valence-corrected chi connectivity index (χ4v) is 2.64. The predicted molar refractivity (Wildman–Crippen MR) is 88.9 cm³/mol. The van der Waals surface area contributed by atoms with Gasteiger partial charge in [-0.2, -0.15) is 0 Å². The molecule has 2 rings (SSSR count). The number of anilines is 1. The summed E-state index contributed by atoms with van der Waals surface area (Å²) in [6.07, 6.45) is 0. The highest BCUT2D eigenvalue weighted by atomic mass is 32.2. The lowest BCUT2D eigenvalue weighted by atomic mass is 10.3. The summed E-state index contributed by atoms with van der Waals surface area (Å²) in [5, 5.41) is 2.54. The quantitative estimate of drug-likeness (QED) is 0.696. The summed E-state index contributed by atoms with van der Waals surface area (Å²) in [6, 6.07) is 10.9. The fraction of sp³-hybridized carbons (Fsp3) is 0.188. The van der Waals surface area contributed by atoms with Crippen LogP contribution in [0.4, 0.5) is 10.1 Å². The van der Waals surface area contributed by atoms with E-state index in [9.17, 15) is 17.6 Å². The third kappa shape index (κ3) is 5.82. The van der Waals surface area contributed by atoms with Gasteiger partial charge < -0.3 is 10.1 Å². The first kappa shape index (κ1) is 18.8. The van der Waals surface area contributed by atoms with Crippen LogP contribution >= 0.6 is 0 Å². The average Bonchev–Trinajstić information content (AvgIpc) is 2.57. The van der Waals surface area contributed by atoms with E-state index in [1.54, 1.807) is 29.2 Å². The van der Waals surface area contributed by atoms with Gasteiger partial charge in [-0.3, -0.25) is 9.63 Å². The number of ether oxygens (including phenoxy) is 1. The molecule has 0 atom stereocenters. The summed E-state index contributed by atoms with van der Waals surface area (Å²) in [5.41, 5.74) is 0.512. The van der Waals surface area contributed by atoms with E-state index in [1.165, 1.54) is 0 Å². The molecule has 0 radical (unpaired) electrons. The minimum absolute atomic E-state index is 0.180. The molecule has 9 heteroatoms. The van der Waals surface area contributed by atoms with Crippen LogP contribution in [0.15, 0.2) is 53.4 Å². The number of hydrogen-bond donors (Lipinski definition) is 2. The monoisotopic (exact) mass is 368 g/mol. The summed E-state index contributed by atoms with van der Waals surface area (Å²) < 4.78 is 41.8. The number of benzene rings is 2. The van der Waals surface area contributed by atoms with E-state index in [4.69, 9.17) is 9.57 Å². The smallest absolute Gasteiger partial charge is 0.262 e. The Kier molecular flexibility index (Phi) is 6.45. The lowest BCUT2D eigenvalue weighted by molar-refractivity contribution is -0.121. The van der Waals surface area contributed by atoms with Crippen molar-refractivity contribution in [3.63, 3.8) is 0 Å². The molecule has 2 N–H and O–H groups in total. The van der Waals surface area contributed by atoms with E-state index in [1.807, 2.05) is 6.92 Å². The van der Waals surface area contributed by atoms with Gasteiger partial charge in [0.15, 0.2) is 0 Å². The third-order valence-corrected chi connectivity index (χ3v) is 4.17. The molecule has 0 heterocycles. The summed E-state index contributed by atoms with van der Waals surface area (Å²) >= 11 is 0. The second kappa shape index (κ2) is 8.56. The Bertz CT molecular complexity index is 807. The van der Waals surface area contributed by atoms with Crippen LogP contribution in [0.2, 0.25) is 0 Å². The predicted octanol–water partition coefficient (Wildman–Crippen LogP) is 2.07. The maximum absolute atomic E-state index is 12.8. The van der Waals surface area contributed by atoms with Gasteiger partial charge in [-0.1, -0.05) is 4.89 Å². The van der Waals surface area contributed by atoms with E-state index in [0.29, 0.717) is 18.0 Å². The second-order valence-electron chi connectivity index (χ2n) is 4.83. The molecule has 0 fully saturated rings. The van der Waals surface area contributed by atoms with Crippen molar-refractivity contribution in [2.45, 2.75) is 11.8 Å². The van der Waals surface area contributed by atoms with Gasteiger partial charge in [0.05, 0.1) is 11.5 Å². The van der Waals surface area contributed by atoms with E-state index in [-0.39, 0.29) is 4.90 Å². The molecule has 1 amide bonds. The summed E-state index contributed by atoms with van der Waals surface area (Å²) in [6.45, 7) is 1.86. The number of nitrogens with one attached hydrogen (secondary N) is 2. The lowest BCUT2D eigenvalue weighted by Crippen LogP contribution is -2.29. The number of carbonyl (C=O) groups is 1. The molecular weight excluding hydrogens is 351 g/mol. The molecule has 0 aliphatic carbocycles. The molecule has 0 aromatic heterocycles. The standard InChI is InChI=1S/C16H17FN2O5S/c1-2-23-14-7-5-13(6-8-14)18-16(20)11-24-19-25(21,22)15-9-3-12(17)4-10-15/h3-10,19H,2,11H2,1H3,(H,18,20). The Morgan fingerprint density at radius 1 is 1.08 bits per heavy atom. The molecule has 0 saturated carbocycles. The second-order valence-corrected chi connectivity index (χ2v) is 6.48. The van der Waals surface area contributed by atoms with Crippen molar-refractivity contribution in [2.24, 2.45) is 0 Å². The van der Waals surface area contributed by atoms with E-state index in [2.05, 4.69) is 5.32 Å². The zero-order valence-electron chi connectivity index (χ0n) is 13.4. The average molecular weight is 368 g/mol. The van der Waals surface area contributed by atoms with Crippen LogP contribution < -0.4 is 14.9 Å². The van der Waals surface area contributed by atoms with Gasteiger partial charge in [-0.05, 0) is 55.5 Å². The molecule has 7 nitrogen and oxygen atoms in total. The number of rotatable bonds is 8. The van der Waals surface area contributed by atoms with Crippen LogP contribution in [-0.4, -0.2) is 27.5 Å². The zero-order valence-corrected chi connectivity index (χ0v) is 14.2. The molecule has 2 aromatic rings. The molecule has 2 aromatic carbocycles. The van der Waals surface area contributed by atoms with Gasteiger partial charge in [-0.25, -0.2) is 12.8 Å². The lowest BCUT2D eigenvalue weighted by Gasteiger charge is -2.09. The first-order valence-corrected chi connectivity index (χ1v) is 8.81. The Morgan fingerprint density at radius 2 is 1.72 bits per heavy atom. The fourth-order valence-electron chi connectivity index (χ4n) is 1.83. The van der Waals surface area contributed by atoms with Crippen molar-refractivity contribution in [1.82, 2.24) is 4.89 Å². The largest absolute Gasteiger partial charge is 0.494 e. The van der Waals surface area contributed by atoms with Crippen molar-refractivity contribution >= 4 is 21.6 Å². The SMILES string of the molecule is CCOc1ccc(NC(=O)CONS(=O)(=O)c2ccc(F)cc2)cc1. The molecular formula is C16H17FN2O5S. The highest BCUT2D eigenvalue weighted by Gasteiger charge is 2.15. The molecule has 0 saturated heterocycles. The molecule has 0 unspecified atom stereocenters. The van der Waals surface area contributed by atoms with Crippen LogP contribution in [-0.2, 0) is 19.7 Å². The van der Waals surface area contributed by atoms with Crippen LogP contribution in [0.25, 0.3) is 0 Å². The Balaban J connectivity index is 1.82. The maximum Gasteiger partial charge on any atom is 0.262 e. The molecule has 0 bridgehead atoms. The van der Waals surface area contributed by atoms with Crippen molar-refractivity contribution in [3.05, 3.63) is 54.3 Å². The van der Waals surface area contributed by atoms with Crippen LogP contribution in [0.3, 0.4) is 0 Å². The number of sulfonamides is 1. The van der Waals surface area contributed by atoms with Crippen LogP contribution in [0, 0.1) is 5.82 Å². The van der Waals surface area contributed by atoms with Gasteiger partial charge in [-0.15, -0.1) is 0 Å². The summed E-state index contributed by atoms with van der Waals surface area (Å²) in [5.74, 6) is -0.440. The van der Waals surface area contributed by atoms with Gasteiger partial charge in [0, 0.05) is 5.69 Å². The Labute approximate surface area is 144 Å². The molecule has 25 heavy (non-hydrogen) atoms. The van der Waals surface area contributed by atoms with Crippen molar-refractivity contribution < 1.29 is 27.2 Å². The Morgan fingerprint density at radius 3 is 2.32 bits per heavy atom. The van der Waals surface area contributed by atoms with E-state index >= 15 is 0 Å². The van der Waals surface area contributed by atoms with Gasteiger partial charge in [0.25, 0.3) is 15.9 Å². The molecule has 0 aliphatic rings. The van der Waals surface area contributed by atoms with Crippen molar-refractivity contribution in [1.29, 1.82) is 0 Å². The molecule has 0 spiro atoms. The summed E-state index contributed by atoms with van der Waals surface area (Å²) in [7, 11) is -3.99. The van der Waals surface area contributed by atoms with Gasteiger partial charge >= 0.3 is 0 Å². The normalized spacial score (nSPS) is 11.1. The highest BCUT2D eigenvalue weighted by Crippen LogP contribution is 2.15. The minimum atomic E-state index is -3.99. The van der Waals surface area contributed by atoms with E-state index in [0.717, 1.165) is 24.3 Å². The zero-order chi connectivity index (χ0) is 18.3. The first-order chi connectivity index (χ1) is 11.9. The maximum atomic E-state index is 12.8. The van der Waals surface area contributed by atoms with Gasteiger partial charge in [0.1, 0.15) is 18.2 Å². The van der Waals surface area contributed by atoms with Crippen LogP contribution in [0.5, 0.6) is 5.75 Å². The molecule has 0 aliphatic heterocycles. The van der Waals surface area contributed by atoms with Crippen molar-refractivity contribution in [3.8, 4) is 5.75 Å². The highest BCUT2D eigenvalue weighted by molar-refractivity contribution is 7.89. The van der Waals surface area contributed by atoms with E-state index < -0.39 is 28.4 Å². The number of amides is 1. The Hall–Kier alpha value is -2.49.